The van der Waals surface area contributed by atoms with Crippen LogP contribution in [0.4, 0.5) is 0 Å². The molecule has 10 heavy (non-hydrogen) atoms. The van der Waals surface area contributed by atoms with Crippen molar-refractivity contribution in [2.24, 2.45) is 0 Å². The second kappa shape index (κ2) is 3.00. The average molecular weight is 131 g/mol. The number of hydrogen-bond donors (Lipinski definition) is 0. The van der Waals surface area contributed by atoms with E-state index in [1.165, 1.54) is 6.08 Å². The summed E-state index contributed by atoms with van der Waals surface area (Å²) in [7, 11) is 0. The lowest BCUT2D eigenvalue weighted by Gasteiger charge is -2.02. The van der Waals surface area contributed by atoms with Gasteiger partial charge in [-0.3, -0.25) is 0 Å². The zero-order valence-electron chi connectivity index (χ0n) is 5.50. The third-order valence-electron chi connectivity index (χ3n) is 1.39. The Hall–Kier alpha value is -1.33. The predicted octanol–water partition coefficient (Wildman–Crippen LogP) is 1.62. The van der Waals surface area contributed by atoms with Gasteiger partial charge in [0.25, 0.3) is 0 Å². The van der Waals surface area contributed by atoms with Gasteiger partial charge in [0.2, 0.25) is 0 Å². The van der Waals surface area contributed by atoms with Crippen LogP contribution >= 0.6 is 0 Å². The van der Waals surface area contributed by atoms with Crippen LogP contribution in [0.2, 0.25) is 0 Å². The lowest BCUT2D eigenvalue weighted by Crippen LogP contribution is -1.89. The van der Waals surface area contributed by atoms with Gasteiger partial charge in [-0.1, -0.05) is 30.9 Å². The standard InChI is InChI=1S/C9H7O/c1-2-8-5-3-4-6-9(8)7-10/h1-5H,6H2. The monoisotopic (exact) mass is 131 g/mol. The number of hydrogen-bond acceptors (Lipinski definition) is 1. The summed E-state index contributed by atoms with van der Waals surface area (Å²) >= 11 is 0. The maximum absolute atomic E-state index is 10.2. The van der Waals surface area contributed by atoms with Gasteiger partial charge < -0.3 is 0 Å². The zero-order valence-corrected chi connectivity index (χ0v) is 5.50. The van der Waals surface area contributed by atoms with Gasteiger partial charge in [0.15, 0.2) is 0 Å². The summed E-state index contributed by atoms with van der Waals surface area (Å²) in [6.07, 6.45) is 7.63. The normalized spacial score (nSPS) is 16.0. The third kappa shape index (κ3) is 1.15. The maximum atomic E-state index is 10.2. The highest BCUT2D eigenvalue weighted by Crippen LogP contribution is 2.16. The minimum Gasteiger partial charge on any atom is -0.233 e. The van der Waals surface area contributed by atoms with Gasteiger partial charge in [-0.05, 0) is 5.57 Å². The molecule has 1 rings (SSSR count). The van der Waals surface area contributed by atoms with Crippen molar-refractivity contribution < 1.29 is 4.79 Å². The van der Waals surface area contributed by atoms with Gasteiger partial charge in [0, 0.05) is 12.0 Å². The van der Waals surface area contributed by atoms with Crippen LogP contribution in [-0.4, -0.2) is 5.94 Å². The lowest BCUT2D eigenvalue weighted by atomic mass is 10.0. The van der Waals surface area contributed by atoms with Crippen LogP contribution < -0.4 is 0 Å². The molecular formula is C9H7O. The smallest absolute Gasteiger partial charge is 0.128 e. The Labute approximate surface area is 60.1 Å². The van der Waals surface area contributed by atoms with E-state index in [0.717, 1.165) is 5.57 Å². The van der Waals surface area contributed by atoms with Crippen molar-refractivity contribution in [3.05, 3.63) is 42.0 Å². The molecule has 0 unspecified atom stereocenters. The molecule has 0 spiro atoms. The number of allylic oxidation sites excluding steroid dienone is 6. The van der Waals surface area contributed by atoms with Crippen molar-refractivity contribution in [1.29, 1.82) is 0 Å². The highest BCUT2D eigenvalue weighted by atomic mass is 16.1. The van der Waals surface area contributed by atoms with E-state index in [1.54, 1.807) is 6.08 Å². The SMILES string of the molecule is [CH]=CC1=CC=CCC1=C=O. The molecule has 0 saturated carbocycles. The molecule has 1 nitrogen and oxygen atoms in total. The maximum Gasteiger partial charge on any atom is 0.128 e. The van der Waals surface area contributed by atoms with Gasteiger partial charge in [-0.15, -0.1) is 0 Å². The Kier molecular flexibility index (Phi) is 2.03. The molecule has 0 saturated heterocycles. The molecule has 0 aromatic rings. The zero-order chi connectivity index (χ0) is 7.40. The first-order valence-electron chi connectivity index (χ1n) is 3.04. The van der Waals surface area contributed by atoms with Crippen LogP contribution in [0.1, 0.15) is 6.42 Å². The minimum atomic E-state index is 0.630. The molecule has 0 N–H and O–H groups in total. The molecule has 0 amide bonds. The molecule has 1 aliphatic rings. The number of carbonyl (C=O) groups excluding carboxylic acids is 1. The first kappa shape index (κ1) is 6.79. The van der Waals surface area contributed by atoms with E-state index in [4.69, 9.17) is 6.58 Å². The highest BCUT2D eigenvalue weighted by molar-refractivity contribution is 5.65. The second-order valence-corrected chi connectivity index (χ2v) is 2.00. The molecule has 0 aromatic carbocycles. The van der Waals surface area contributed by atoms with Crippen molar-refractivity contribution in [1.82, 2.24) is 0 Å². The van der Waals surface area contributed by atoms with Crippen LogP contribution in [0.25, 0.3) is 0 Å². The summed E-state index contributed by atoms with van der Waals surface area (Å²) in [5.41, 5.74) is 1.41. The molecule has 0 aliphatic heterocycles. The van der Waals surface area contributed by atoms with E-state index in [1.807, 2.05) is 18.1 Å². The van der Waals surface area contributed by atoms with E-state index < -0.39 is 0 Å². The first-order chi connectivity index (χ1) is 4.88. The molecular weight excluding hydrogens is 124 g/mol. The van der Waals surface area contributed by atoms with E-state index in [0.29, 0.717) is 12.0 Å². The van der Waals surface area contributed by atoms with Crippen molar-refractivity contribution in [2.75, 3.05) is 0 Å². The van der Waals surface area contributed by atoms with Gasteiger partial charge in [0.05, 0.1) is 0 Å². The molecule has 49 valence electrons. The van der Waals surface area contributed by atoms with E-state index in [9.17, 15) is 4.79 Å². The lowest BCUT2D eigenvalue weighted by molar-refractivity contribution is 0.567. The Morgan fingerprint density at radius 3 is 3.00 bits per heavy atom. The summed E-state index contributed by atoms with van der Waals surface area (Å²) in [5, 5.41) is 0. The van der Waals surface area contributed by atoms with Crippen LogP contribution in [0.3, 0.4) is 0 Å². The van der Waals surface area contributed by atoms with Crippen LogP contribution in [0.5, 0.6) is 0 Å². The van der Waals surface area contributed by atoms with Crippen LogP contribution in [0, 0.1) is 6.58 Å². The van der Waals surface area contributed by atoms with Crippen LogP contribution in [-0.2, 0) is 4.79 Å². The van der Waals surface area contributed by atoms with Crippen molar-refractivity contribution in [3.63, 3.8) is 0 Å². The Balaban J connectivity index is 3.02. The summed E-state index contributed by atoms with van der Waals surface area (Å²) < 4.78 is 0. The molecule has 0 heterocycles. The van der Waals surface area contributed by atoms with E-state index in [2.05, 4.69) is 0 Å². The van der Waals surface area contributed by atoms with E-state index >= 15 is 0 Å². The Morgan fingerprint density at radius 1 is 1.70 bits per heavy atom. The quantitative estimate of drug-likeness (QED) is 0.494. The van der Waals surface area contributed by atoms with Crippen LogP contribution in [0.15, 0.2) is 35.5 Å². The first-order valence-corrected chi connectivity index (χ1v) is 3.04. The van der Waals surface area contributed by atoms with Gasteiger partial charge >= 0.3 is 0 Å². The molecule has 1 aliphatic carbocycles. The second-order valence-electron chi connectivity index (χ2n) is 2.00. The summed E-state index contributed by atoms with van der Waals surface area (Å²) in [6, 6.07) is 0. The summed E-state index contributed by atoms with van der Waals surface area (Å²) in [5.74, 6) is 1.84. The fourth-order valence-electron chi connectivity index (χ4n) is 0.833. The van der Waals surface area contributed by atoms with Gasteiger partial charge in [-0.2, -0.15) is 0 Å². The van der Waals surface area contributed by atoms with Crippen molar-refractivity contribution >= 4 is 5.94 Å². The fourth-order valence-corrected chi connectivity index (χ4v) is 0.833. The summed E-state index contributed by atoms with van der Waals surface area (Å²) in [4.78, 5) is 10.2. The third-order valence-corrected chi connectivity index (χ3v) is 1.39. The molecule has 0 aromatic heterocycles. The topological polar surface area (TPSA) is 17.1 Å². The summed E-state index contributed by atoms with van der Waals surface area (Å²) in [6.45, 7) is 5.24. The molecule has 0 atom stereocenters. The molecule has 0 fully saturated rings. The fraction of sp³-hybridized carbons (Fsp3) is 0.111. The van der Waals surface area contributed by atoms with Crippen molar-refractivity contribution in [2.45, 2.75) is 6.42 Å². The Morgan fingerprint density at radius 2 is 2.50 bits per heavy atom. The molecule has 1 heteroatoms. The number of rotatable bonds is 1. The minimum absolute atomic E-state index is 0.630. The van der Waals surface area contributed by atoms with Gasteiger partial charge in [-0.25, -0.2) is 4.79 Å². The molecule has 0 bridgehead atoms. The molecule has 1 radical (unpaired) electrons. The van der Waals surface area contributed by atoms with E-state index in [-0.39, 0.29) is 0 Å². The predicted molar refractivity (Wildman–Crippen MR) is 39.9 cm³/mol. The van der Waals surface area contributed by atoms with Gasteiger partial charge in [0.1, 0.15) is 5.94 Å². The largest absolute Gasteiger partial charge is 0.233 e. The Bertz CT molecular complexity index is 250. The van der Waals surface area contributed by atoms with Crippen molar-refractivity contribution in [3.8, 4) is 0 Å². The average Bonchev–Trinajstić information content (AvgIpc) is 2.04. The highest BCUT2D eigenvalue weighted by Gasteiger charge is 2.02.